The number of benzene rings is 2. The molecule has 0 unspecified atom stereocenters. The fraction of sp³-hybridized carbons (Fsp3) is 0.286. The average molecular weight is 448 g/mol. The van der Waals surface area contributed by atoms with Crippen LogP contribution in [0.15, 0.2) is 42.5 Å². The number of aromatic carboxylic acids is 1. The molecule has 9 nitrogen and oxygen atoms in total. The van der Waals surface area contributed by atoms with E-state index in [0.29, 0.717) is 35.7 Å². The van der Waals surface area contributed by atoms with Crippen molar-refractivity contribution < 1.29 is 28.2 Å². The van der Waals surface area contributed by atoms with E-state index in [1.807, 2.05) is 0 Å². The Kier molecular flexibility index (Phi) is 6.84. The van der Waals surface area contributed by atoms with Crippen LogP contribution in [-0.4, -0.2) is 55.5 Å². The third-order valence-electron chi connectivity index (χ3n) is 4.70. The van der Waals surface area contributed by atoms with Crippen LogP contribution < -0.4 is 14.8 Å². The van der Waals surface area contributed by atoms with Crippen molar-refractivity contribution in [2.45, 2.75) is 13.0 Å². The fourth-order valence-electron chi connectivity index (χ4n) is 3.23. The maximum Gasteiger partial charge on any atom is 0.352 e. The second-order valence-corrected chi connectivity index (χ2v) is 8.95. The molecule has 0 radical (unpaired) electrons. The summed E-state index contributed by atoms with van der Waals surface area (Å²) in [5.74, 6) is -0.384. The molecule has 166 valence electrons. The second kappa shape index (κ2) is 9.38. The Hall–Kier alpha value is -3.08. The van der Waals surface area contributed by atoms with Gasteiger partial charge >= 0.3 is 5.97 Å². The lowest BCUT2D eigenvalue weighted by Gasteiger charge is -2.14. The number of rotatable bonds is 10. The number of aliphatic hydroxyl groups is 1. The van der Waals surface area contributed by atoms with Crippen LogP contribution >= 0.6 is 0 Å². The first-order valence-electron chi connectivity index (χ1n) is 9.59. The van der Waals surface area contributed by atoms with Gasteiger partial charge in [0.25, 0.3) is 0 Å². The number of aryl methyl sites for hydroxylation is 1. The first-order chi connectivity index (χ1) is 14.6. The summed E-state index contributed by atoms with van der Waals surface area (Å²) in [6, 6.07) is 11.9. The first-order valence-corrected chi connectivity index (χ1v) is 11.5. The highest BCUT2D eigenvalue weighted by Gasteiger charge is 2.14. The van der Waals surface area contributed by atoms with E-state index in [1.54, 1.807) is 49.4 Å². The Morgan fingerprint density at radius 3 is 2.71 bits per heavy atom. The molecular weight excluding hydrogens is 422 g/mol. The molecule has 2 aromatic carbocycles. The molecule has 0 aliphatic heterocycles. The summed E-state index contributed by atoms with van der Waals surface area (Å²) in [6.07, 6.45) is 0.257. The number of H-pyrrole nitrogens is 1. The van der Waals surface area contributed by atoms with Gasteiger partial charge in [0.15, 0.2) is 0 Å². The lowest BCUT2D eigenvalue weighted by atomic mass is 10.1. The number of carboxylic acid groups (broad SMARTS) is 1. The maximum atomic E-state index is 11.3. The zero-order valence-corrected chi connectivity index (χ0v) is 18.0. The molecule has 1 atom stereocenters. The predicted octanol–water partition coefficient (Wildman–Crippen LogP) is 2.25. The molecule has 3 rings (SSSR count). The SMILES string of the molecule is Cc1c(C(=O)O)[nH]c2ccc(OCCNC[C@H](O)c3cccc(NS(C)(=O)=O)c3)cc12. The minimum absolute atomic E-state index is 0.165. The van der Waals surface area contributed by atoms with Crippen LogP contribution in [-0.2, 0) is 10.0 Å². The van der Waals surface area contributed by atoms with Crippen LogP contribution in [0.1, 0.15) is 27.7 Å². The van der Waals surface area contributed by atoms with Gasteiger partial charge in [-0.3, -0.25) is 4.72 Å². The third kappa shape index (κ3) is 5.97. The second-order valence-electron chi connectivity index (χ2n) is 7.21. The lowest BCUT2D eigenvalue weighted by Crippen LogP contribution is -2.26. The topological polar surface area (TPSA) is 141 Å². The number of anilines is 1. The van der Waals surface area contributed by atoms with Crippen LogP contribution in [0.25, 0.3) is 10.9 Å². The van der Waals surface area contributed by atoms with E-state index in [4.69, 9.17) is 4.74 Å². The molecular formula is C21H25N3O6S. The van der Waals surface area contributed by atoms with Crippen molar-refractivity contribution in [2.24, 2.45) is 0 Å². The van der Waals surface area contributed by atoms with Gasteiger partial charge in [0.05, 0.1) is 12.4 Å². The van der Waals surface area contributed by atoms with Crippen LogP contribution in [0.5, 0.6) is 5.75 Å². The quantitative estimate of drug-likeness (QED) is 0.300. The van der Waals surface area contributed by atoms with Gasteiger partial charge < -0.3 is 25.3 Å². The Bertz CT molecular complexity index is 1190. The van der Waals surface area contributed by atoms with Gasteiger partial charge in [-0.2, -0.15) is 0 Å². The van der Waals surface area contributed by atoms with Gasteiger partial charge in [0.1, 0.15) is 18.1 Å². The summed E-state index contributed by atoms with van der Waals surface area (Å²) in [5, 5.41) is 23.4. The number of nitrogens with one attached hydrogen (secondary N) is 3. The van der Waals surface area contributed by atoms with Gasteiger partial charge in [-0.15, -0.1) is 0 Å². The third-order valence-corrected chi connectivity index (χ3v) is 5.31. The normalized spacial score (nSPS) is 12.6. The molecule has 0 saturated heterocycles. The van der Waals surface area contributed by atoms with Crippen molar-refractivity contribution in [3.8, 4) is 5.75 Å². The van der Waals surface area contributed by atoms with Crippen LogP contribution in [0.4, 0.5) is 5.69 Å². The molecule has 0 fully saturated rings. The Labute approximate surface area is 180 Å². The van der Waals surface area contributed by atoms with Gasteiger partial charge in [0.2, 0.25) is 10.0 Å². The van der Waals surface area contributed by atoms with Gasteiger partial charge in [-0.1, -0.05) is 12.1 Å². The van der Waals surface area contributed by atoms with E-state index in [1.165, 1.54) is 0 Å². The molecule has 1 heterocycles. The minimum atomic E-state index is -3.38. The summed E-state index contributed by atoms with van der Waals surface area (Å²) < 4.78 is 30.8. The number of sulfonamides is 1. The van der Waals surface area contributed by atoms with Crippen LogP contribution in [0, 0.1) is 6.92 Å². The molecule has 0 aliphatic rings. The van der Waals surface area contributed by atoms with Crippen LogP contribution in [0.3, 0.4) is 0 Å². The van der Waals surface area contributed by atoms with E-state index >= 15 is 0 Å². The minimum Gasteiger partial charge on any atom is -0.492 e. The van der Waals surface area contributed by atoms with Crippen molar-refractivity contribution in [3.05, 3.63) is 59.3 Å². The van der Waals surface area contributed by atoms with E-state index in [9.17, 15) is 23.4 Å². The molecule has 10 heteroatoms. The number of aromatic nitrogens is 1. The summed E-state index contributed by atoms with van der Waals surface area (Å²) >= 11 is 0. The van der Waals surface area contributed by atoms with Gasteiger partial charge in [-0.25, -0.2) is 13.2 Å². The van der Waals surface area contributed by atoms with Gasteiger partial charge in [-0.05, 0) is 48.4 Å². The number of aromatic amines is 1. The molecule has 0 spiro atoms. The molecule has 5 N–H and O–H groups in total. The number of carbonyl (C=O) groups is 1. The first kappa shape index (κ1) is 22.6. The number of carboxylic acids is 1. The predicted molar refractivity (Wildman–Crippen MR) is 118 cm³/mol. The van der Waals surface area contributed by atoms with Crippen molar-refractivity contribution >= 4 is 32.6 Å². The fourth-order valence-corrected chi connectivity index (χ4v) is 3.79. The monoisotopic (exact) mass is 447 g/mol. The van der Waals surface area contributed by atoms with E-state index < -0.39 is 22.1 Å². The molecule has 3 aromatic rings. The van der Waals surface area contributed by atoms with E-state index in [-0.39, 0.29) is 12.2 Å². The summed E-state index contributed by atoms with van der Waals surface area (Å²) in [6.45, 7) is 2.84. The molecule has 0 aliphatic carbocycles. The summed E-state index contributed by atoms with van der Waals surface area (Å²) in [5.41, 5.74) is 2.53. The molecule has 31 heavy (non-hydrogen) atoms. The Morgan fingerprint density at radius 2 is 2.00 bits per heavy atom. The van der Waals surface area contributed by atoms with E-state index in [2.05, 4.69) is 15.0 Å². The van der Waals surface area contributed by atoms with Gasteiger partial charge in [0, 0.05) is 29.7 Å². The summed E-state index contributed by atoms with van der Waals surface area (Å²) in [7, 11) is -3.38. The zero-order chi connectivity index (χ0) is 22.6. The Morgan fingerprint density at radius 1 is 1.23 bits per heavy atom. The summed E-state index contributed by atoms with van der Waals surface area (Å²) in [4.78, 5) is 14.1. The number of hydrogen-bond donors (Lipinski definition) is 5. The molecule has 0 saturated carbocycles. The largest absolute Gasteiger partial charge is 0.492 e. The highest BCUT2D eigenvalue weighted by atomic mass is 32.2. The van der Waals surface area contributed by atoms with E-state index in [0.717, 1.165) is 17.2 Å². The number of aliphatic hydroxyl groups excluding tert-OH is 1. The standard InChI is InChI=1S/C21H25N3O6S/c1-13-17-11-16(6-7-18(17)23-20(13)21(26)27)30-9-8-22-12-19(25)14-4-3-5-15(10-14)24-31(2,28)29/h3-7,10-11,19,22-25H,8-9,12H2,1-2H3,(H,26,27)/t19-/m0/s1. The highest BCUT2D eigenvalue weighted by molar-refractivity contribution is 7.92. The molecule has 0 bridgehead atoms. The number of hydrogen-bond acceptors (Lipinski definition) is 6. The number of ether oxygens (including phenoxy) is 1. The lowest BCUT2D eigenvalue weighted by molar-refractivity contribution is 0.0690. The van der Waals surface area contributed by atoms with Crippen molar-refractivity contribution in [3.63, 3.8) is 0 Å². The van der Waals surface area contributed by atoms with Crippen molar-refractivity contribution in [2.75, 3.05) is 30.7 Å². The average Bonchev–Trinajstić information content (AvgIpc) is 3.03. The van der Waals surface area contributed by atoms with Crippen molar-refractivity contribution in [1.82, 2.24) is 10.3 Å². The highest BCUT2D eigenvalue weighted by Crippen LogP contribution is 2.26. The van der Waals surface area contributed by atoms with Crippen LogP contribution in [0.2, 0.25) is 0 Å². The zero-order valence-electron chi connectivity index (χ0n) is 17.2. The molecule has 1 aromatic heterocycles. The van der Waals surface area contributed by atoms with Crippen molar-refractivity contribution in [1.29, 1.82) is 0 Å². The molecule has 0 amide bonds. The smallest absolute Gasteiger partial charge is 0.352 e. The number of fused-ring (bicyclic) bond motifs is 1. The maximum absolute atomic E-state index is 11.3. The Balaban J connectivity index is 1.49.